The summed E-state index contributed by atoms with van der Waals surface area (Å²) in [5.41, 5.74) is 0. The molecule has 0 atom stereocenters. The molecule has 0 radical (unpaired) electrons. The Balaban J connectivity index is 4.41. The van der Waals surface area contributed by atoms with Gasteiger partial charge in [-0.2, -0.15) is 0 Å². The summed E-state index contributed by atoms with van der Waals surface area (Å²) in [4.78, 5) is 17.3. The van der Waals surface area contributed by atoms with Crippen molar-refractivity contribution in [3.05, 3.63) is 0 Å². The SMILES string of the molecule is CCS(CC)(CC)OP(=O)(O)O. The van der Waals surface area contributed by atoms with Gasteiger partial charge in [-0.1, -0.05) is 20.8 Å². The maximum atomic E-state index is 10.6. The Morgan fingerprint density at radius 3 is 1.58 bits per heavy atom. The Labute approximate surface area is 75.1 Å². The summed E-state index contributed by atoms with van der Waals surface area (Å²) in [6, 6.07) is 0. The lowest BCUT2D eigenvalue weighted by Crippen LogP contribution is -2.11. The van der Waals surface area contributed by atoms with Gasteiger partial charge in [0.1, 0.15) is 0 Å². The van der Waals surface area contributed by atoms with E-state index in [0.717, 1.165) is 0 Å². The van der Waals surface area contributed by atoms with E-state index >= 15 is 0 Å². The Morgan fingerprint density at radius 2 is 1.50 bits per heavy atom. The second-order valence-electron chi connectivity index (χ2n) is 2.40. The molecule has 0 aliphatic heterocycles. The van der Waals surface area contributed by atoms with E-state index in [0.29, 0.717) is 17.3 Å². The van der Waals surface area contributed by atoms with Crippen LogP contribution in [0.2, 0.25) is 0 Å². The Kier molecular flexibility index (Phi) is 4.81. The van der Waals surface area contributed by atoms with Crippen molar-refractivity contribution in [1.29, 1.82) is 0 Å². The van der Waals surface area contributed by atoms with Gasteiger partial charge >= 0.3 is 7.82 Å². The fraction of sp³-hybridized carbons (Fsp3) is 1.00. The van der Waals surface area contributed by atoms with Crippen molar-refractivity contribution in [2.75, 3.05) is 17.3 Å². The topological polar surface area (TPSA) is 66.8 Å². The molecule has 0 saturated heterocycles. The van der Waals surface area contributed by atoms with Gasteiger partial charge in [-0.3, -0.25) is 0 Å². The van der Waals surface area contributed by atoms with E-state index in [9.17, 15) is 4.57 Å². The third-order valence-electron chi connectivity index (χ3n) is 1.83. The number of rotatable bonds is 5. The minimum absolute atomic E-state index is 0.700. The number of hydrogen-bond acceptors (Lipinski definition) is 2. The van der Waals surface area contributed by atoms with Crippen molar-refractivity contribution in [2.24, 2.45) is 0 Å². The van der Waals surface area contributed by atoms with Crippen LogP contribution in [0.5, 0.6) is 0 Å². The number of phosphoric acid groups is 1. The Bertz CT molecular complexity index is 166. The molecule has 0 unspecified atom stereocenters. The number of hydrogen-bond donors (Lipinski definition) is 2. The van der Waals surface area contributed by atoms with Crippen LogP contribution in [0.25, 0.3) is 0 Å². The molecular weight excluding hydrogens is 199 g/mol. The smallest absolute Gasteiger partial charge is 0.302 e. The Hall–Kier alpha value is 0.460. The molecule has 12 heavy (non-hydrogen) atoms. The van der Waals surface area contributed by atoms with Crippen LogP contribution in [-0.4, -0.2) is 27.0 Å². The van der Waals surface area contributed by atoms with Crippen LogP contribution in [0.4, 0.5) is 0 Å². The normalized spacial score (nSPS) is 14.8. The van der Waals surface area contributed by atoms with Gasteiger partial charge in [0.05, 0.1) is 0 Å². The average molecular weight is 216 g/mol. The van der Waals surface area contributed by atoms with E-state index in [-0.39, 0.29) is 0 Å². The maximum absolute atomic E-state index is 10.6. The molecule has 2 N–H and O–H groups in total. The van der Waals surface area contributed by atoms with Gasteiger partial charge < -0.3 is 9.79 Å². The van der Waals surface area contributed by atoms with E-state index in [2.05, 4.69) is 0 Å². The van der Waals surface area contributed by atoms with Gasteiger partial charge in [0.25, 0.3) is 0 Å². The molecule has 0 aromatic rings. The predicted octanol–water partition coefficient (Wildman–Crippen LogP) is 1.88. The van der Waals surface area contributed by atoms with Crippen LogP contribution >= 0.6 is 18.1 Å². The fourth-order valence-corrected chi connectivity index (χ4v) is 5.11. The first-order valence-electron chi connectivity index (χ1n) is 3.92. The molecule has 6 heteroatoms. The maximum Gasteiger partial charge on any atom is 0.479 e. The first-order valence-corrected chi connectivity index (χ1v) is 7.51. The van der Waals surface area contributed by atoms with Crippen LogP contribution in [0.1, 0.15) is 20.8 Å². The predicted molar refractivity (Wildman–Crippen MR) is 52.3 cm³/mol. The van der Waals surface area contributed by atoms with Crippen LogP contribution in [0, 0.1) is 0 Å². The monoisotopic (exact) mass is 216 g/mol. The molecule has 0 spiro atoms. The van der Waals surface area contributed by atoms with Crippen LogP contribution < -0.4 is 0 Å². The first kappa shape index (κ1) is 12.5. The van der Waals surface area contributed by atoms with Crippen molar-refractivity contribution < 1.29 is 18.3 Å². The highest BCUT2D eigenvalue weighted by Gasteiger charge is 2.28. The molecule has 4 nitrogen and oxygen atoms in total. The summed E-state index contributed by atoms with van der Waals surface area (Å²) in [7, 11) is -5.83. The van der Waals surface area contributed by atoms with E-state index in [1.807, 2.05) is 20.8 Å². The lowest BCUT2D eigenvalue weighted by atomic mass is 10.9. The summed E-state index contributed by atoms with van der Waals surface area (Å²) < 4.78 is 15.4. The summed E-state index contributed by atoms with van der Waals surface area (Å²) in [6.07, 6.45) is 0. The molecular formula is C6H17O4PS. The highest BCUT2D eigenvalue weighted by Crippen LogP contribution is 2.59. The molecule has 0 aromatic carbocycles. The molecule has 0 amide bonds. The fourth-order valence-electron chi connectivity index (χ4n) is 0.976. The zero-order chi connectivity index (χ0) is 9.83. The van der Waals surface area contributed by atoms with E-state index < -0.39 is 18.1 Å². The van der Waals surface area contributed by atoms with Crippen LogP contribution in [0.15, 0.2) is 0 Å². The first-order chi connectivity index (χ1) is 5.39. The third kappa shape index (κ3) is 3.92. The molecule has 0 aromatic heterocycles. The van der Waals surface area contributed by atoms with Gasteiger partial charge in [0, 0.05) is 0 Å². The van der Waals surface area contributed by atoms with E-state index in [1.54, 1.807) is 0 Å². The third-order valence-corrected chi connectivity index (χ3v) is 7.03. The second kappa shape index (κ2) is 4.63. The molecule has 0 rings (SSSR count). The van der Waals surface area contributed by atoms with Gasteiger partial charge in [-0.05, 0) is 17.3 Å². The zero-order valence-electron chi connectivity index (χ0n) is 7.69. The summed E-state index contributed by atoms with van der Waals surface area (Å²) >= 11 is 0. The minimum atomic E-state index is -4.30. The standard InChI is InChI=1S/C6H17O4PS/c1-4-12(5-2,6-3)10-11(7,8)9/h4-6H2,1-3H3,(H2,7,8,9). The van der Waals surface area contributed by atoms with Crippen molar-refractivity contribution >= 4 is 18.1 Å². The lowest BCUT2D eigenvalue weighted by Gasteiger charge is -2.35. The average Bonchev–Trinajstić information content (AvgIpc) is 1.99. The van der Waals surface area contributed by atoms with Crippen molar-refractivity contribution in [3.63, 3.8) is 0 Å². The van der Waals surface area contributed by atoms with Crippen LogP contribution in [0.3, 0.4) is 0 Å². The molecule has 0 heterocycles. The molecule has 0 aliphatic carbocycles. The second-order valence-corrected chi connectivity index (χ2v) is 7.64. The van der Waals surface area contributed by atoms with Crippen molar-refractivity contribution in [1.82, 2.24) is 0 Å². The van der Waals surface area contributed by atoms with Gasteiger partial charge in [-0.25, -0.2) is 8.54 Å². The Morgan fingerprint density at radius 1 is 1.17 bits per heavy atom. The van der Waals surface area contributed by atoms with E-state index in [1.165, 1.54) is 0 Å². The van der Waals surface area contributed by atoms with Crippen molar-refractivity contribution in [2.45, 2.75) is 20.8 Å². The quantitative estimate of drug-likeness (QED) is 0.688. The highest BCUT2D eigenvalue weighted by molar-refractivity contribution is 8.31. The zero-order valence-corrected chi connectivity index (χ0v) is 9.40. The molecule has 0 aliphatic rings. The van der Waals surface area contributed by atoms with E-state index in [4.69, 9.17) is 13.8 Å². The van der Waals surface area contributed by atoms with Crippen LogP contribution in [-0.2, 0) is 8.54 Å². The summed E-state index contributed by atoms with van der Waals surface area (Å²) in [5, 5.41) is 0. The largest absolute Gasteiger partial charge is 0.479 e. The minimum Gasteiger partial charge on any atom is -0.302 e. The highest BCUT2D eigenvalue weighted by atomic mass is 32.3. The van der Waals surface area contributed by atoms with Gasteiger partial charge in [0.15, 0.2) is 0 Å². The van der Waals surface area contributed by atoms with Crippen molar-refractivity contribution in [3.8, 4) is 0 Å². The molecule has 0 fully saturated rings. The summed E-state index contributed by atoms with van der Waals surface area (Å²) in [5.74, 6) is 2.10. The molecule has 76 valence electrons. The molecule has 0 saturated carbocycles. The molecule has 0 bridgehead atoms. The lowest BCUT2D eigenvalue weighted by molar-refractivity contribution is 0.294. The van der Waals surface area contributed by atoms with Gasteiger partial charge in [0.2, 0.25) is 0 Å². The van der Waals surface area contributed by atoms with Gasteiger partial charge in [-0.15, -0.1) is 10.3 Å². The summed E-state index contributed by atoms with van der Waals surface area (Å²) in [6.45, 7) is 5.70.